The van der Waals surface area contributed by atoms with Crippen molar-refractivity contribution in [1.29, 1.82) is 0 Å². The van der Waals surface area contributed by atoms with E-state index in [1.807, 2.05) is 23.6 Å². The number of para-hydroxylation sites is 2. The van der Waals surface area contributed by atoms with E-state index in [0.717, 1.165) is 6.42 Å². The summed E-state index contributed by atoms with van der Waals surface area (Å²) in [6, 6.07) is 9.10. The molecule has 0 spiro atoms. The first-order valence-electron chi connectivity index (χ1n) is 9.03. The molecule has 2 aromatic heterocycles. The lowest BCUT2D eigenvalue weighted by atomic mass is 10.1. The van der Waals surface area contributed by atoms with Gasteiger partial charge in [-0.1, -0.05) is 37.7 Å². The van der Waals surface area contributed by atoms with Crippen LogP contribution in [-0.4, -0.2) is 28.3 Å². The molecular formula is C20H23N3O3S2. The second kappa shape index (κ2) is 9.25. The second-order valence-electron chi connectivity index (χ2n) is 6.71. The first kappa shape index (κ1) is 20.4. The third-order valence-corrected chi connectivity index (χ3v) is 6.04. The van der Waals surface area contributed by atoms with Crippen LogP contribution >= 0.6 is 23.1 Å². The highest BCUT2D eigenvalue weighted by Crippen LogP contribution is 2.25. The van der Waals surface area contributed by atoms with Crippen molar-refractivity contribution in [3.05, 3.63) is 46.1 Å². The van der Waals surface area contributed by atoms with Crippen LogP contribution in [0.25, 0.3) is 10.2 Å². The van der Waals surface area contributed by atoms with Crippen molar-refractivity contribution < 1.29 is 9.53 Å². The zero-order valence-electron chi connectivity index (χ0n) is 16.1. The molecule has 0 fully saturated rings. The van der Waals surface area contributed by atoms with Crippen molar-refractivity contribution >= 4 is 44.9 Å². The molecule has 0 atom stereocenters. The fraction of sp³-hybridized carbons (Fsp3) is 0.350. The quantitative estimate of drug-likeness (QED) is 0.438. The van der Waals surface area contributed by atoms with Crippen molar-refractivity contribution in [2.75, 3.05) is 18.2 Å². The molecule has 3 aromatic rings. The number of hydrogen-bond acceptors (Lipinski definition) is 6. The van der Waals surface area contributed by atoms with Crippen LogP contribution in [0.4, 0.5) is 5.69 Å². The van der Waals surface area contributed by atoms with Crippen molar-refractivity contribution in [1.82, 2.24) is 9.55 Å². The molecule has 1 N–H and O–H groups in total. The second-order valence-corrected chi connectivity index (χ2v) is 8.56. The molecule has 3 rings (SSSR count). The largest absolute Gasteiger partial charge is 0.495 e. The van der Waals surface area contributed by atoms with E-state index < -0.39 is 0 Å². The fourth-order valence-electron chi connectivity index (χ4n) is 2.68. The number of thioether (sulfide) groups is 1. The van der Waals surface area contributed by atoms with Gasteiger partial charge in [-0.25, -0.2) is 4.98 Å². The monoisotopic (exact) mass is 417 g/mol. The first-order valence-corrected chi connectivity index (χ1v) is 10.9. The van der Waals surface area contributed by atoms with E-state index in [1.165, 1.54) is 23.1 Å². The van der Waals surface area contributed by atoms with Gasteiger partial charge < -0.3 is 10.1 Å². The molecular weight excluding hydrogens is 394 g/mol. The Balaban J connectivity index is 1.78. The van der Waals surface area contributed by atoms with E-state index in [0.29, 0.717) is 39.3 Å². The molecule has 0 unspecified atom stereocenters. The zero-order chi connectivity index (χ0) is 20.1. The van der Waals surface area contributed by atoms with Crippen molar-refractivity contribution in [3.8, 4) is 5.75 Å². The van der Waals surface area contributed by atoms with Gasteiger partial charge in [-0.3, -0.25) is 14.2 Å². The van der Waals surface area contributed by atoms with Gasteiger partial charge in [0, 0.05) is 6.54 Å². The maximum atomic E-state index is 12.8. The number of anilines is 1. The summed E-state index contributed by atoms with van der Waals surface area (Å²) in [6.45, 7) is 4.83. The number of thiophene rings is 1. The van der Waals surface area contributed by atoms with Gasteiger partial charge >= 0.3 is 0 Å². The number of carbonyl (C=O) groups is 1. The van der Waals surface area contributed by atoms with Crippen LogP contribution in [0.5, 0.6) is 5.75 Å². The number of rotatable bonds is 8. The summed E-state index contributed by atoms with van der Waals surface area (Å²) in [6.07, 6.45) is 0.874. The Labute approximate surface area is 171 Å². The lowest BCUT2D eigenvalue weighted by Crippen LogP contribution is -2.24. The Hall–Kier alpha value is -2.32. The highest BCUT2D eigenvalue weighted by atomic mass is 32.2. The van der Waals surface area contributed by atoms with Crippen LogP contribution in [0.1, 0.15) is 20.3 Å². The number of aromatic nitrogens is 2. The van der Waals surface area contributed by atoms with E-state index in [2.05, 4.69) is 24.1 Å². The minimum Gasteiger partial charge on any atom is -0.495 e. The van der Waals surface area contributed by atoms with Crippen LogP contribution in [-0.2, 0) is 11.3 Å². The predicted molar refractivity (Wildman–Crippen MR) is 116 cm³/mol. The Morgan fingerprint density at radius 2 is 2.11 bits per heavy atom. The summed E-state index contributed by atoms with van der Waals surface area (Å²) < 4.78 is 7.61. The number of amides is 1. The van der Waals surface area contributed by atoms with Crippen molar-refractivity contribution in [2.45, 2.75) is 32.0 Å². The molecule has 8 heteroatoms. The summed E-state index contributed by atoms with van der Waals surface area (Å²) in [5.74, 6) is 1.05. The molecule has 0 aliphatic rings. The summed E-state index contributed by atoms with van der Waals surface area (Å²) in [5.41, 5.74) is 1.27. The highest BCUT2D eigenvalue weighted by Gasteiger charge is 2.15. The van der Waals surface area contributed by atoms with Crippen LogP contribution < -0.4 is 15.6 Å². The Kier molecular flexibility index (Phi) is 6.74. The molecule has 6 nitrogen and oxygen atoms in total. The van der Waals surface area contributed by atoms with Crippen LogP contribution in [0, 0.1) is 5.92 Å². The van der Waals surface area contributed by atoms with Gasteiger partial charge in [0.25, 0.3) is 5.56 Å². The average Bonchev–Trinajstić information content (AvgIpc) is 3.15. The van der Waals surface area contributed by atoms with Gasteiger partial charge in [-0.15, -0.1) is 11.3 Å². The zero-order valence-corrected chi connectivity index (χ0v) is 17.7. The summed E-state index contributed by atoms with van der Waals surface area (Å²) in [7, 11) is 1.56. The Bertz CT molecular complexity index is 1030. The molecule has 28 heavy (non-hydrogen) atoms. The third kappa shape index (κ3) is 4.74. The standard InChI is InChI=1S/C20H23N3O3S2/c1-13(2)8-10-23-19(25)18-15(9-11-27-18)22-20(23)28-12-17(24)21-14-6-4-5-7-16(14)26-3/h4-7,9,11,13H,8,10,12H2,1-3H3,(H,21,24). The molecule has 0 aliphatic heterocycles. The SMILES string of the molecule is COc1ccccc1NC(=O)CSc1nc2ccsc2c(=O)n1CCC(C)C. The number of hydrogen-bond donors (Lipinski definition) is 1. The van der Waals surface area contributed by atoms with Gasteiger partial charge in [-0.05, 0) is 35.9 Å². The Morgan fingerprint density at radius 1 is 1.32 bits per heavy atom. The number of nitrogens with one attached hydrogen (secondary N) is 1. The van der Waals surface area contributed by atoms with E-state index >= 15 is 0 Å². The van der Waals surface area contributed by atoms with E-state index in [4.69, 9.17) is 4.74 Å². The lowest BCUT2D eigenvalue weighted by Gasteiger charge is -2.13. The molecule has 0 bridgehead atoms. The number of benzene rings is 1. The smallest absolute Gasteiger partial charge is 0.272 e. The third-order valence-electron chi connectivity index (χ3n) is 4.17. The van der Waals surface area contributed by atoms with Gasteiger partial charge in [0.05, 0.1) is 24.1 Å². The topological polar surface area (TPSA) is 73.2 Å². The molecule has 2 heterocycles. The lowest BCUT2D eigenvalue weighted by molar-refractivity contribution is -0.113. The maximum Gasteiger partial charge on any atom is 0.272 e. The van der Waals surface area contributed by atoms with E-state index in [1.54, 1.807) is 23.8 Å². The Morgan fingerprint density at radius 3 is 2.86 bits per heavy atom. The van der Waals surface area contributed by atoms with Gasteiger partial charge in [-0.2, -0.15) is 0 Å². The van der Waals surface area contributed by atoms with Gasteiger partial charge in [0.2, 0.25) is 5.91 Å². The highest BCUT2D eigenvalue weighted by molar-refractivity contribution is 7.99. The normalized spacial score (nSPS) is 11.1. The molecule has 0 saturated heterocycles. The molecule has 1 amide bonds. The minimum absolute atomic E-state index is 0.0340. The van der Waals surface area contributed by atoms with Gasteiger partial charge in [0.15, 0.2) is 5.16 Å². The molecule has 0 radical (unpaired) electrons. The molecule has 1 aromatic carbocycles. The van der Waals surface area contributed by atoms with Gasteiger partial charge in [0.1, 0.15) is 10.4 Å². The molecule has 0 saturated carbocycles. The average molecular weight is 418 g/mol. The fourth-order valence-corrected chi connectivity index (χ4v) is 4.29. The first-order chi connectivity index (χ1) is 13.5. The van der Waals surface area contributed by atoms with Crippen LogP contribution in [0.2, 0.25) is 0 Å². The van der Waals surface area contributed by atoms with Crippen molar-refractivity contribution in [2.24, 2.45) is 5.92 Å². The maximum absolute atomic E-state index is 12.8. The number of carbonyl (C=O) groups excluding carboxylic acids is 1. The number of methoxy groups -OCH3 is 1. The van der Waals surface area contributed by atoms with E-state index in [-0.39, 0.29) is 17.2 Å². The summed E-state index contributed by atoms with van der Waals surface area (Å²) >= 11 is 2.68. The van der Waals surface area contributed by atoms with Crippen LogP contribution in [0.3, 0.4) is 0 Å². The minimum atomic E-state index is -0.176. The number of ether oxygens (including phenoxy) is 1. The van der Waals surface area contributed by atoms with Crippen LogP contribution in [0.15, 0.2) is 45.7 Å². The molecule has 0 aliphatic carbocycles. The van der Waals surface area contributed by atoms with E-state index in [9.17, 15) is 9.59 Å². The summed E-state index contributed by atoms with van der Waals surface area (Å²) in [5, 5.41) is 5.30. The van der Waals surface area contributed by atoms with Crippen molar-refractivity contribution in [3.63, 3.8) is 0 Å². The summed E-state index contributed by atoms with van der Waals surface area (Å²) in [4.78, 5) is 29.9. The molecule has 148 valence electrons. The predicted octanol–water partition coefficient (Wildman–Crippen LogP) is 4.24. The number of fused-ring (bicyclic) bond motifs is 1. The number of nitrogens with zero attached hydrogens (tertiary/aromatic N) is 2.